The average molecular weight is 238 g/mol. The predicted molar refractivity (Wildman–Crippen MR) is 67.5 cm³/mol. The van der Waals surface area contributed by atoms with E-state index in [0.717, 1.165) is 38.9 Å². The Morgan fingerprint density at radius 1 is 1.65 bits per heavy atom. The number of ether oxygens (including phenoxy) is 1. The fourth-order valence-electron chi connectivity index (χ4n) is 1.90. The number of nitrogens with one attached hydrogen (secondary N) is 1. The van der Waals surface area contributed by atoms with Crippen molar-refractivity contribution in [1.82, 2.24) is 10.2 Å². The summed E-state index contributed by atoms with van der Waals surface area (Å²) >= 11 is 0. The zero-order valence-electron chi connectivity index (χ0n) is 10.6. The molecule has 1 N–H and O–H groups in total. The second-order valence-electron chi connectivity index (χ2n) is 4.23. The SMILES string of the molecule is C#CCCCN1CCOCC1C(=O)NCCC. The molecule has 1 heterocycles. The van der Waals surface area contributed by atoms with E-state index in [0.29, 0.717) is 13.2 Å². The smallest absolute Gasteiger partial charge is 0.239 e. The first-order valence-corrected chi connectivity index (χ1v) is 6.32. The highest BCUT2D eigenvalue weighted by Gasteiger charge is 2.28. The lowest BCUT2D eigenvalue weighted by Crippen LogP contribution is -2.54. The molecule has 0 aromatic heterocycles. The molecule has 0 spiro atoms. The number of hydrogen-bond donors (Lipinski definition) is 1. The van der Waals surface area contributed by atoms with Gasteiger partial charge in [-0.05, 0) is 12.8 Å². The van der Waals surface area contributed by atoms with Gasteiger partial charge in [-0.15, -0.1) is 12.3 Å². The Kier molecular flexibility index (Phi) is 6.68. The molecule has 96 valence electrons. The number of hydrogen-bond acceptors (Lipinski definition) is 3. The topological polar surface area (TPSA) is 41.6 Å². The van der Waals surface area contributed by atoms with Crippen molar-refractivity contribution in [3.63, 3.8) is 0 Å². The lowest BCUT2D eigenvalue weighted by Gasteiger charge is -2.34. The maximum Gasteiger partial charge on any atom is 0.239 e. The molecule has 1 aliphatic rings. The zero-order valence-corrected chi connectivity index (χ0v) is 10.6. The highest BCUT2D eigenvalue weighted by molar-refractivity contribution is 5.81. The first-order valence-electron chi connectivity index (χ1n) is 6.32. The second-order valence-corrected chi connectivity index (χ2v) is 4.23. The van der Waals surface area contributed by atoms with Crippen LogP contribution in [0, 0.1) is 12.3 Å². The van der Waals surface area contributed by atoms with Crippen LogP contribution in [0.1, 0.15) is 26.2 Å². The molecule has 0 aromatic carbocycles. The van der Waals surface area contributed by atoms with E-state index in [9.17, 15) is 4.79 Å². The van der Waals surface area contributed by atoms with Gasteiger partial charge in [-0.3, -0.25) is 9.69 Å². The maximum atomic E-state index is 11.9. The Morgan fingerprint density at radius 3 is 3.18 bits per heavy atom. The molecule has 0 bridgehead atoms. The van der Waals surface area contributed by atoms with E-state index in [1.807, 2.05) is 6.92 Å². The monoisotopic (exact) mass is 238 g/mol. The Labute approximate surface area is 104 Å². The van der Waals surface area contributed by atoms with Gasteiger partial charge in [0, 0.05) is 26.1 Å². The van der Waals surface area contributed by atoms with Gasteiger partial charge in [0.1, 0.15) is 6.04 Å². The molecule has 1 fully saturated rings. The van der Waals surface area contributed by atoms with Crippen LogP contribution >= 0.6 is 0 Å². The molecule has 4 nitrogen and oxygen atoms in total. The summed E-state index contributed by atoms with van der Waals surface area (Å²) in [5.41, 5.74) is 0. The van der Waals surface area contributed by atoms with Gasteiger partial charge in [-0.25, -0.2) is 0 Å². The van der Waals surface area contributed by atoms with Crippen LogP contribution in [-0.2, 0) is 9.53 Å². The van der Waals surface area contributed by atoms with E-state index in [-0.39, 0.29) is 11.9 Å². The van der Waals surface area contributed by atoms with Crippen LogP contribution in [0.5, 0.6) is 0 Å². The van der Waals surface area contributed by atoms with Gasteiger partial charge < -0.3 is 10.1 Å². The van der Waals surface area contributed by atoms with Gasteiger partial charge in [-0.2, -0.15) is 0 Å². The Morgan fingerprint density at radius 2 is 2.47 bits per heavy atom. The summed E-state index contributed by atoms with van der Waals surface area (Å²) in [6.45, 7) is 5.65. The summed E-state index contributed by atoms with van der Waals surface area (Å²) in [4.78, 5) is 14.1. The van der Waals surface area contributed by atoms with Crippen LogP contribution in [0.4, 0.5) is 0 Å². The fourth-order valence-corrected chi connectivity index (χ4v) is 1.90. The van der Waals surface area contributed by atoms with Crippen LogP contribution < -0.4 is 5.32 Å². The van der Waals surface area contributed by atoms with Crippen molar-refractivity contribution in [3.8, 4) is 12.3 Å². The summed E-state index contributed by atoms with van der Waals surface area (Å²) < 4.78 is 5.38. The first-order chi connectivity index (χ1) is 8.29. The van der Waals surface area contributed by atoms with Crippen molar-refractivity contribution < 1.29 is 9.53 Å². The minimum Gasteiger partial charge on any atom is -0.378 e. The van der Waals surface area contributed by atoms with Gasteiger partial charge >= 0.3 is 0 Å². The number of carbonyl (C=O) groups is 1. The number of morpholine rings is 1. The van der Waals surface area contributed by atoms with Gasteiger partial charge in [0.15, 0.2) is 0 Å². The van der Waals surface area contributed by atoms with E-state index in [1.165, 1.54) is 0 Å². The lowest BCUT2D eigenvalue weighted by atomic mass is 10.2. The first kappa shape index (κ1) is 14.0. The highest BCUT2D eigenvalue weighted by atomic mass is 16.5. The summed E-state index contributed by atoms with van der Waals surface area (Å²) in [6, 6.07) is -0.145. The van der Waals surface area contributed by atoms with Crippen LogP contribution in [0.3, 0.4) is 0 Å². The minimum atomic E-state index is -0.145. The molecule has 4 heteroatoms. The molecule has 0 saturated carbocycles. The summed E-state index contributed by atoms with van der Waals surface area (Å²) in [5.74, 6) is 2.70. The summed E-state index contributed by atoms with van der Waals surface area (Å²) in [6.07, 6.45) is 7.89. The highest BCUT2D eigenvalue weighted by Crippen LogP contribution is 2.08. The predicted octanol–water partition coefficient (Wildman–Crippen LogP) is 0.627. The van der Waals surface area contributed by atoms with Crippen molar-refractivity contribution in [2.24, 2.45) is 0 Å². The minimum absolute atomic E-state index is 0.0762. The van der Waals surface area contributed by atoms with Gasteiger partial charge in [-0.1, -0.05) is 6.92 Å². The summed E-state index contributed by atoms with van der Waals surface area (Å²) in [5, 5.41) is 2.92. The molecule has 17 heavy (non-hydrogen) atoms. The van der Waals surface area contributed by atoms with Crippen molar-refractivity contribution in [2.75, 3.05) is 32.8 Å². The molecular formula is C13H22N2O2. The van der Waals surface area contributed by atoms with E-state index < -0.39 is 0 Å². The number of unbranched alkanes of at least 4 members (excludes halogenated alkanes) is 1. The number of nitrogens with zero attached hydrogens (tertiary/aromatic N) is 1. The molecule has 1 aliphatic heterocycles. The van der Waals surface area contributed by atoms with Gasteiger partial charge in [0.05, 0.1) is 13.2 Å². The van der Waals surface area contributed by atoms with Crippen molar-refractivity contribution in [3.05, 3.63) is 0 Å². The Balaban J connectivity index is 2.41. The number of amides is 1. The van der Waals surface area contributed by atoms with Crippen molar-refractivity contribution >= 4 is 5.91 Å². The molecule has 1 amide bonds. The van der Waals surface area contributed by atoms with Crippen LogP contribution in [0.25, 0.3) is 0 Å². The quantitative estimate of drug-likeness (QED) is 0.545. The molecule has 0 aromatic rings. The maximum absolute atomic E-state index is 11.9. The third-order valence-corrected chi connectivity index (χ3v) is 2.86. The third-order valence-electron chi connectivity index (χ3n) is 2.86. The van der Waals surface area contributed by atoms with Crippen LogP contribution in [-0.4, -0.2) is 49.7 Å². The van der Waals surface area contributed by atoms with E-state index in [1.54, 1.807) is 0 Å². The van der Waals surface area contributed by atoms with E-state index in [2.05, 4.69) is 16.1 Å². The largest absolute Gasteiger partial charge is 0.378 e. The second kappa shape index (κ2) is 8.10. The average Bonchev–Trinajstić information content (AvgIpc) is 2.37. The number of terminal acetylenes is 1. The van der Waals surface area contributed by atoms with Crippen LogP contribution in [0.2, 0.25) is 0 Å². The van der Waals surface area contributed by atoms with Gasteiger partial charge in [0.25, 0.3) is 0 Å². The van der Waals surface area contributed by atoms with E-state index in [4.69, 9.17) is 11.2 Å². The Bertz CT molecular complexity index is 273. The molecular weight excluding hydrogens is 216 g/mol. The number of carbonyl (C=O) groups excluding carboxylic acids is 1. The third kappa shape index (κ3) is 4.76. The normalized spacial score (nSPS) is 20.8. The molecule has 0 radical (unpaired) electrons. The molecule has 1 unspecified atom stereocenters. The van der Waals surface area contributed by atoms with Crippen LogP contribution in [0.15, 0.2) is 0 Å². The Hall–Kier alpha value is -1.05. The van der Waals surface area contributed by atoms with Gasteiger partial charge in [0.2, 0.25) is 5.91 Å². The molecule has 1 saturated heterocycles. The summed E-state index contributed by atoms with van der Waals surface area (Å²) in [7, 11) is 0. The molecule has 0 aliphatic carbocycles. The fraction of sp³-hybridized carbons (Fsp3) is 0.769. The van der Waals surface area contributed by atoms with E-state index >= 15 is 0 Å². The zero-order chi connectivity index (χ0) is 12.5. The molecule has 1 atom stereocenters. The molecule has 1 rings (SSSR count). The lowest BCUT2D eigenvalue weighted by molar-refractivity contribution is -0.132. The standard InChI is InChI=1S/C13H22N2O2/c1-3-5-6-8-15-9-10-17-11-12(15)13(16)14-7-4-2/h1,12H,4-11H2,2H3,(H,14,16). The van der Waals surface area contributed by atoms with Crippen molar-refractivity contribution in [1.29, 1.82) is 0 Å². The van der Waals surface area contributed by atoms with Crippen molar-refractivity contribution in [2.45, 2.75) is 32.2 Å². The number of rotatable bonds is 6.